The molecule has 0 aliphatic carbocycles. The zero-order chi connectivity index (χ0) is 103. The summed E-state index contributed by atoms with van der Waals surface area (Å²) < 4.78 is 85.4. The van der Waals surface area contributed by atoms with E-state index < -0.39 is 130 Å². The number of hydrogen-bond donors (Lipinski definition) is 13. The average Bonchev–Trinajstić information content (AvgIpc) is 1.52. The van der Waals surface area contributed by atoms with Gasteiger partial charge in [-0.15, -0.1) is 20.4 Å². The SMILES string of the molecule is CCCCCCCCCCCCCCCCCC(=O)OC[C@H](COP(C)(=O)OCCNC(=O)OCCNC(=O)CCN1C(=O)CC(SCC(=O)N[C@@H](CSOOO)C(=O)N[C@@H](CSOOO)C(=O)NCC)C1=O)OC(=O)CCCCCCCCCCCCCCCCC.CCNC(=O)CCCOc1cc(C)c(S(=O)(=O)N[C@@H](CNC(=O)c2cn(C)c3cc(CNc4ncc[nH]4)ccc3c2=O)C(=O)O)c(C)c1. The van der Waals surface area contributed by atoms with Crippen LogP contribution in [-0.2, 0) is 118 Å². The highest BCUT2D eigenvalue weighted by atomic mass is 32.2. The van der Waals surface area contributed by atoms with Crippen molar-refractivity contribution in [3.63, 3.8) is 0 Å². The maximum absolute atomic E-state index is 13.4. The number of imide groups is 1. The third kappa shape index (κ3) is 53.9. The summed E-state index contributed by atoms with van der Waals surface area (Å²) in [5, 5.41) is 53.6. The fourth-order valence-corrected chi connectivity index (χ4v) is 19.5. The number of rotatable bonds is 80. The summed E-state index contributed by atoms with van der Waals surface area (Å²) in [5.74, 6) is -7.32. The van der Waals surface area contributed by atoms with Crippen molar-refractivity contribution in [2.45, 2.75) is 314 Å². The molecule has 0 spiro atoms. The molecule has 2 aromatic heterocycles. The minimum Gasteiger partial charge on any atom is -0.494 e. The second-order valence-electron chi connectivity index (χ2n) is 34.2. The monoisotopic (exact) mass is 2090 g/mol. The number of nitrogens with one attached hydrogen (secondary N) is 10. The van der Waals surface area contributed by atoms with E-state index in [1.165, 1.54) is 166 Å². The summed E-state index contributed by atoms with van der Waals surface area (Å²) in [5.41, 5.74) is 1.28. The van der Waals surface area contributed by atoms with E-state index >= 15 is 0 Å². The van der Waals surface area contributed by atoms with Gasteiger partial charge in [-0.2, -0.15) is 4.72 Å². The lowest BCUT2D eigenvalue weighted by Gasteiger charge is -2.22. The van der Waals surface area contributed by atoms with Crippen LogP contribution in [0.2, 0.25) is 0 Å². The highest BCUT2D eigenvalue weighted by Gasteiger charge is 2.40. The van der Waals surface area contributed by atoms with Crippen LogP contribution in [0.3, 0.4) is 0 Å². The van der Waals surface area contributed by atoms with Crippen LogP contribution in [0.4, 0.5) is 10.7 Å². The number of aryl methyl sites for hydroxylation is 3. The molecule has 5 rings (SSSR count). The summed E-state index contributed by atoms with van der Waals surface area (Å²) in [4.78, 5) is 173. The topological polar surface area (TPSA) is 571 Å². The van der Waals surface area contributed by atoms with Gasteiger partial charge in [0, 0.05) is 133 Å². The van der Waals surface area contributed by atoms with E-state index in [9.17, 15) is 80.4 Å². The average molecular weight is 2090 g/mol. The van der Waals surface area contributed by atoms with Gasteiger partial charge >= 0.3 is 31.6 Å². The predicted molar refractivity (Wildman–Crippen MR) is 535 cm³/mol. The first kappa shape index (κ1) is 124. The number of aromatic nitrogens is 3. The van der Waals surface area contributed by atoms with Crippen molar-refractivity contribution in [1.29, 1.82) is 0 Å². The van der Waals surface area contributed by atoms with Gasteiger partial charge in [0.1, 0.15) is 42.7 Å². The number of esters is 2. The molecule has 3 heterocycles. The molecule has 0 bridgehead atoms. The Morgan fingerprint density at radius 1 is 0.596 bits per heavy atom. The minimum absolute atomic E-state index is 0.0884. The number of benzene rings is 2. The fraction of sp³-hybridized carbons (Fsp3) is 0.681. The highest BCUT2D eigenvalue weighted by Crippen LogP contribution is 2.44. The van der Waals surface area contributed by atoms with E-state index in [2.05, 4.69) is 89.8 Å². The molecule has 13 N–H and O–H groups in total. The summed E-state index contributed by atoms with van der Waals surface area (Å²) in [7, 11) is -6.47. The maximum Gasteiger partial charge on any atom is 0.407 e. The molecular weight excluding hydrogens is 1930 g/mol. The molecule has 796 valence electrons. The Balaban J connectivity index is 0.000000716. The van der Waals surface area contributed by atoms with Gasteiger partial charge in [0.2, 0.25) is 56.8 Å². The van der Waals surface area contributed by atoms with Crippen molar-refractivity contribution in [1.82, 2.24) is 61.4 Å². The number of carboxylic acid groups (broad SMARTS) is 1. The Labute approximate surface area is 840 Å². The Morgan fingerprint density at radius 2 is 1.14 bits per heavy atom. The number of pyridine rings is 1. The number of nitrogens with zero attached hydrogens (tertiary/aromatic N) is 3. The van der Waals surface area contributed by atoms with Crippen molar-refractivity contribution in [3.8, 4) is 5.75 Å². The minimum atomic E-state index is -4.37. The Morgan fingerprint density at radius 3 is 1.69 bits per heavy atom. The van der Waals surface area contributed by atoms with Crippen molar-refractivity contribution in [2.75, 3.05) is 102 Å². The van der Waals surface area contributed by atoms with Gasteiger partial charge in [-0.1, -0.05) is 210 Å². The highest BCUT2D eigenvalue weighted by molar-refractivity contribution is 8.01. The lowest BCUT2D eigenvalue weighted by molar-refractivity contribution is -0.432. The smallest absolute Gasteiger partial charge is 0.407 e. The third-order valence-corrected chi connectivity index (χ3v) is 27.9. The van der Waals surface area contributed by atoms with Crippen molar-refractivity contribution >= 4 is 142 Å². The zero-order valence-corrected chi connectivity index (χ0v) is 87.1. The number of aliphatic carboxylic acids is 1. The molecular formula is C94H152N13O29PS4. The number of thioether (sulfide) groups is 1. The summed E-state index contributed by atoms with van der Waals surface area (Å²) >= 11 is 1.76. The van der Waals surface area contributed by atoms with E-state index in [4.69, 9.17) is 38.5 Å². The van der Waals surface area contributed by atoms with Gasteiger partial charge < -0.3 is 85.2 Å². The first-order valence-electron chi connectivity index (χ1n) is 49.1. The van der Waals surface area contributed by atoms with Gasteiger partial charge in [0.25, 0.3) is 5.91 Å². The molecule has 42 nitrogen and oxygen atoms in total. The number of fused-ring (bicyclic) bond motifs is 1. The quantitative estimate of drug-likeness (QED) is 0.00285. The van der Waals surface area contributed by atoms with Crippen LogP contribution >= 0.6 is 43.4 Å². The summed E-state index contributed by atoms with van der Waals surface area (Å²) in [6, 6.07) is 3.85. The molecule has 0 saturated carbocycles. The number of ether oxygens (including phenoxy) is 4. The number of likely N-dealkylation sites (tertiary alicyclic amines) is 1. The van der Waals surface area contributed by atoms with Gasteiger partial charge in [0.15, 0.2) is 12.1 Å². The molecule has 4 aromatic rings. The van der Waals surface area contributed by atoms with Crippen molar-refractivity contribution in [2.24, 2.45) is 7.05 Å². The zero-order valence-electron chi connectivity index (χ0n) is 82.9. The molecule has 2 unspecified atom stereocenters. The number of anilines is 1. The number of likely N-dealkylation sites (N-methyl/N-ethyl adjacent to an activating group) is 1. The lowest BCUT2D eigenvalue weighted by Crippen LogP contribution is -2.55. The molecule has 9 amide bonds. The second-order valence-corrected chi connectivity index (χ2v) is 40.5. The van der Waals surface area contributed by atoms with Gasteiger partial charge in [-0.05, 0) is 87.9 Å². The predicted octanol–water partition coefficient (Wildman–Crippen LogP) is 13.1. The number of imidazole rings is 1. The van der Waals surface area contributed by atoms with Gasteiger partial charge in [-0.3, -0.25) is 67.0 Å². The Bertz CT molecular complexity index is 4620. The number of carbonyl (C=O) groups excluding carboxylic acids is 11. The van der Waals surface area contributed by atoms with Crippen LogP contribution in [0.15, 0.2) is 58.6 Å². The first-order valence-corrected chi connectivity index (χ1v) is 55.5. The van der Waals surface area contributed by atoms with E-state index in [1.807, 2.05) is 6.92 Å². The van der Waals surface area contributed by atoms with E-state index in [0.29, 0.717) is 84.8 Å². The Hall–Kier alpha value is -9.03. The molecule has 1 aliphatic rings. The van der Waals surface area contributed by atoms with Crippen LogP contribution in [0, 0.1) is 13.8 Å². The number of H-pyrrole nitrogens is 1. The summed E-state index contributed by atoms with van der Waals surface area (Å²) in [6.45, 7) is 11.4. The number of hydrogen-bond acceptors (Lipinski definition) is 33. The Kier molecular flexibility index (Phi) is 65.2. The maximum atomic E-state index is 13.4. The third-order valence-electron chi connectivity index (χ3n) is 22.4. The summed E-state index contributed by atoms with van der Waals surface area (Å²) in [6.07, 6.45) is 39.4. The normalized spacial score (nSPS) is 13.7. The number of carbonyl (C=O) groups is 12. The number of unbranched alkanes of at least 4 members (excludes halogenated alkanes) is 28. The van der Waals surface area contributed by atoms with Crippen LogP contribution < -0.4 is 57.4 Å². The molecule has 1 fully saturated rings. The second kappa shape index (κ2) is 73.9. The molecule has 6 atom stereocenters. The number of carboxylic acids is 1. The number of alkyl carbamates (subject to hydrolysis) is 1. The first-order chi connectivity index (χ1) is 67.8. The van der Waals surface area contributed by atoms with Gasteiger partial charge in [-0.25, -0.2) is 28.7 Å². The van der Waals surface area contributed by atoms with Crippen LogP contribution in [0.1, 0.15) is 286 Å². The number of sulfonamides is 1. The lowest BCUT2D eigenvalue weighted by atomic mass is 10.0. The molecule has 1 saturated heterocycles. The van der Waals surface area contributed by atoms with Crippen molar-refractivity contribution in [3.05, 3.63) is 81.4 Å². The number of amides is 9. The molecule has 0 radical (unpaired) electrons. The molecule has 2 aromatic carbocycles. The van der Waals surface area contributed by atoms with Crippen LogP contribution in [0.5, 0.6) is 5.75 Å². The largest absolute Gasteiger partial charge is 0.494 e. The fourth-order valence-electron chi connectivity index (χ4n) is 15.0. The molecule has 141 heavy (non-hydrogen) atoms. The van der Waals surface area contributed by atoms with Crippen LogP contribution in [-0.4, -0.2) is 240 Å². The van der Waals surface area contributed by atoms with E-state index in [0.717, 1.165) is 60.8 Å². The molecule has 47 heteroatoms. The van der Waals surface area contributed by atoms with Crippen LogP contribution in [0.25, 0.3) is 10.9 Å². The standard InChI is InChI=1S/C62H113N6O21PS3.C32H39N7O8S/c1-5-8-10-12-14-16-18-20-22-24-26-28-30-32-34-36-57(72)82-45-50(85-58(73)37-35-33-31-29-27-25-23-21-19-17-15-13-11-9-6-2)46-84-90(4,80)83-43-40-65-62(77)81-42-39-64-54(69)38-41-68-56(71)44-53(61(68)76)91-49-55(70)66-52(48-93-89-87-79)60(75)67-51(47-92-88-86-78)59(74)63-7-3;1-5-33-27(40)7-6-12-47-22-13-19(2)29(20(3)14-22)48(45,46)38-25(31(43)44)17-36-30(42)24-18-39(4)26-15-21(8-9-23(26)28(24)41)16-37-32-34-10-11-35-32/h50-53,78-79H,5-49H2,1-4H3,(H,63,74)(H,64,69)(H,65,77)(H,66,70)(H,67,75);8-11,13-15,18,25,38H,5-7,12,16-17H2,1-4H3,(H,33,40)(H,36,42)(H,43,44)(H2,34,35,37)/t50-,51+,52+,53?,90?;25-/m10/s1. The van der Waals surface area contributed by atoms with E-state index in [1.54, 1.807) is 63.0 Å². The van der Waals surface area contributed by atoms with Gasteiger partial charge in [0.05, 0.1) is 59.3 Å². The van der Waals surface area contributed by atoms with E-state index in [-0.39, 0.29) is 125 Å². The molecule has 1 aliphatic heterocycles. The van der Waals surface area contributed by atoms with Crippen molar-refractivity contribution < 1.29 is 133 Å². The number of aromatic amines is 1.